The highest BCUT2D eigenvalue weighted by Gasteiger charge is 2.29. The fraction of sp³-hybridized carbons (Fsp3) is 0.533. The topological polar surface area (TPSA) is 75.7 Å². The molecule has 1 fully saturated rings. The van der Waals surface area contributed by atoms with Gasteiger partial charge in [-0.15, -0.1) is 0 Å². The smallest absolute Gasteiger partial charge is 0.240 e. The van der Waals surface area contributed by atoms with Crippen LogP contribution >= 0.6 is 0 Å². The summed E-state index contributed by atoms with van der Waals surface area (Å²) in [6.45, 7) is 4.46. The molecule has 1 aliphatic heterocycles. The molecule has 0 aliphatic carbocycles. The Labute approximate surface area is 131 Å². The molecule has 22 heavy (non-hydrogen) atoms. The first kappa shape index (κ1) is 16.9. The molecule has 6 nitrogen and oxygen atoms in total. The van der Waals surface area contributed by atoms with Crippen LogP contribution in [-0.2, 0) is 19.6 Å². The second kappa shape index (κ2) is 7.21. The summed E-state index contributed by atoms with van der Waals surface area (Å²) in [5, 5.41) is 0. The molecule has 1 amide bonds. The second-order valence-electron chi connectivity index (χ2n) is 5.30. The van der Waals surface area contributed by atoms with E-state index in [4.69, 9.17) is 4.74 Å². The third-order valence-corrected chi connectivity index (χ3v) is 5.13. The molecular weight excluding hydrogens is 304 g/mol. The SMILES string of the molecule is CCS(=O)(=O)N[C@@H](C)C(=O)N1CCOC(c2ccccc2)C1. The van der Waals surface area contributed by atoms with E-state index in [1.54, 1.807) is 18.7 Å². The highest BCUT2D eigenvalue weighted by Crippen LogP contribution is 2.22. The molecule has 0 spiro atoms. The number of sulfonamides is 1. The molecule has 122 valence electrons. The average molecular weight is 326 g/mol. The zero-order valence-electron chi connectivity index (χ0n) is 12.9. The van der Waals surface area contributed by atoms with E-state index in [1.165, 1.54) is 0 Å². The predicted molar refractivity (Wildman–Crippen MR) is 83.8 cm³/mol. The molecular formula is C15H22N2O4S. The number of rotatable bonds is 5. The Balaban J connectivity index is 2.01. The van der Waals surface area contributed by atoms with Crippen LogP contribution in [0.2, 0.25) is 0 Å². The number of nitrogens with zero attached hydrogens (tertiary/aromatic N) is 1. The third-order valence-electron chi connectivity index (χ3n) is 3.66. The zero-order chi connectivity index (χ0) is 16.2. The van der Waals surface area contributed by atoms with Gasteiger partial charge in [0.25, 0.3) is 0 Å². The molecule has 0 bridgehead atoms. The predicted octanol–water partition coefficient (Wildman–Crippen LogP) is 0.914. The lowest BCUT2D eigenvalue weighted by Gasteiger charge is -2.34. The van der Waals surface area contributed by atoms with Crippen molar-refractivity contribution in [1.82, 2.24) is 9.62 Å². The molecule has 1 N–H and O–H groups in total. The number of hydrogen-bond acceptors (Lipinski definition) is 4. The molecule has 0 radical (unpaired) electrons. The van der Waals surface area contributed by atoms with E-state index in [0.29, 0.717) is 19.7 Å². The van der Waals surface area contributed by atoms with Gasteiger partial charge >= 0.3 is 0 Å². The van der Waals surface area contributed by atoms with Crippen molar-refractivity contribution >= 4 is 15.9 Å². The summed E-state index contributed by atoms with van der Waals surface area (Å²) in [6, 6.07) is 8.94. The van der Waals surface area contributed by atoms with Crippen LogP contribution in [0.3, 0.4) is 0 Å². The van der Waals surface area contributed by atoms with Crippen molar-refractivity contribution < 1.29 is 17.9 Å². The number of ether oxygens (including phenoxy) is 1. The van der Waals surface area contributed by atoms with Crippen molar-refractivity contribution in [3.05, 3.63) is 35.9 Å². The Morgan fingerprint density at radius 3 is 2.73 bits per heavy atom. The van der Waals surface area contributed by atoms with E-state index in [2.05, 4.69) is 4.72 Å². The quantitative estimate of drug-likeness (QED) is 0.873. The molecule has 7 heteroatoms. The number of carbonyl (C=O) groups is 1. The number of amides is 1. The molecule has 1 aromatic rings. The van der Waals surface area contributed by atoms with Crippen LogP contribution < -0.4 is 4.72 Å². The second-order valence-corrected chi connectivity index (χ2v) is 7.34. The monoisotopic (exact) mass is 326 g/mol. The Hall–Kier alpha value is -1.44. The number of nitrogens with one attached hydrogen (secondary N) is 1. The van der Waals surface area contributed by atoms with E-state index >= 15 is 0 Å². The third kappa shape index (κ3) is 4.28. The van der Waals surface area contributed by atoms with Crippen LogP contribution in [0, 0.1) is 0 Å². The van der Waals surface area contributed by atoms with Gasteiger partial charge in [-0.2, -0.15) is 0 Å². The van der Waals surface area contributed by atoms with Crippen LogP contribution in [-0.4, -0.2) is 50.7 Å². The van der Waals surface area contributed by atoms with Crippen molar-refractivity contribution in [3.63, 3.8) is 0 Å². The molecule has 1 aliphatic rings. The summed E-state index contributed by atoms with van der Waals surface area (Å²) >= 11 is 0. The van der Waals surface area contributed by atoms with Crippen molar-refractivity contribution in [2.75, 3.05) is 25.4 Å². The summed E-state index contributed by atoms with van der Waals surface area (Å²) in [7, 11) is -3.40. The van der Waals surface area contributed by atoms with Crippen molar-refractivity contribution in [2.45, 2.75) is 26.0 Å². The van der Waals surface area contributed by atoms with Crippen molar-refractivity contribution in [1.29, 1.82) is 0 Å². The first-order valence-electron chi connectivity index (χ1n) is 7.38. The summed E-state index contributed by atoms with van der Waals surface area (Å²) < 4.78 is 31.3. The maximum absolute atomic E-state index is 12.4. The van der Waals surface area contributed by atoms with Gasteiger partial charge in [0.2, 0.25) is 15.9 Å². The van der Waals surface area contributed by atoms with E-state index in [9.17, 15) is 13.2 Å². The lowest BCUT2D eigenvalue weighted by atomic mass is 10.1. The maximum Gasteiger partial charge on any atom is 0.240 e. The van der Waals surface area contributed by atoms with Gasteiger partial charge in [-0.05, 0) is 19.4 Å². The lowest BCUT2D eigenvalue weighted by molar-refractivity contribution is -0.140. The molecule has 1 unspecified atom stereocenters. The first-order valence-corrected chi connectivity index (χ1v) is 9.03. The van der Waals surface area contributed by atoms with E-state index in [0.717, 1.165) is 5.56 Å². The first-order chi connectivity index (χ1) is 10.4. The Morgan fingerprint density at radius 2 is 2.09 bits per heavy atom. The molecule has 1 saturated heterocycles. The lowest BCUT2D eigenvalue weighted by Crippen LogP contribution is -2.51. The van der Waals surface area contributed by atoms with Crippen LogP contribution in [0.4, 0.5) is 0 Å². The van der Waals surface area contributed by atoms with Gasteiger partial charge in [-0.3, -0.25) is 4.79 Å². The standard InChI is InChI=1S/C15H22N2O4S/c1-3-22(19,20)16-12(2)15(18)17-9-10-21-14(11-17)13-7-5-4-6-8-13/h4-8,12,14,16H,3,9-11H2,1-2H3/t12-,14?/m0/s1. The maximum atomic E-state index is 12.4. The summed E-state index contributed by atoms with van der Waals surface area (Å²) in [5.41, 5.74) is 1.02. The van der Waals surface area contributed by atoms with E-state index in [-0.39, 0.29) is 17.8 Å². The highest BCUT2D eigenvalue weighted by atomic mass is 32.2. The van der Waals surface area contributed by atoms with E-state index in [1.807, 2.05) is 30.3 Å². The van der Waals surface area contributed by atoms with Gasteiger partial charge in [-0.25, -0.2) is 13.1 Å². The van der Waals surface area contributed by atoms with E-state index < -0.39 is 16.1 Å². The Kier molecular flexibility index (Phi) is 5.55. The largest absolute Gasteiger partial charge is 0.370 e. The summed E-state index contributed by atoms with van der Waals surface area (Å²) in [5.74, 6) is -0.262. The minimum absolute atomic E-state index is 0.0413. The van der Waals surface area contributed by atoms with Gasteiger partial charge < -0.3 is 9.64 Å². The van der Waals surface area contributed by atoms with Gasteiger partial charge in [0.15, 0.2) is 0 Å². The normalized spacial score (nSPS) is 20.6. The van der Waals surface area contributed by atoms with Gasteiger partial charge in [0.05, 0.1) is 24.9 Å². The molecule has 1 aromatic carbocycles. The van der Waals surface area contributed by atoms with Crippen LogP contribution in [0.1, 0.15) is 25.5 Å². The van der Waals surface area contributed by atoms with Crippen molar-refractivity contribution in [2.24, 2.45) is 0 Å². The Morgan fingerprint density at radius 1 is 1.41 bits per heavy atom. The number of benzene rings is 1. The van der Waals surface area contributed by atoms with Crippen LogP contribution in [0.15, 0.2) is 30.3 Å². The number of morpholine rings is 1. The zero-order valence-corrected chi connectivity index (χ0v) is 13.7. The van der Waals surface area contributed by atoms with Crippen LogP contribution in [0.25, 0.3) is 0 Å². The van der Waals surface area contributed by atoms with Gasteiger partial charge in [0, 0.05) is 6.54 Å². The number of carbonyl (C=O) groups excluding carboxylic acids is 1. The molecule has 2 rings (SSSR count). The molecule has 0 saturated carbocycles. The van der Waals surface area contributed by atoms with Gasteiger partial charge in [-0.1, -0.05) is 30.3 Å². The van der Waals surface area contributed by atoms with Crippen molar-refractivity contribution in [3.8, 4) is 0 Å². The summed E-state index contributed by atoms with van der Waals surface area (Å²) in [4.78, 5) is 14.1. The fourth-order valence-corrected chi connectivity index (χ4v) is 3.20. The number of hydrogen-bond donors (Lipinski definition) is 1. The molecule has 0 aromatic heterocycles. The minimum Gasteiger partial charge on any atom is -0.370 e. The molecule has 1 heterocycles. The fourth-order valence-electron chi connectivity index (χ4n) is 2.40. The summed E-state index contributed by atoms with van der Waals surface area (Å²) in [6.07, 6.45) is -0.172. The van der Waals surface area contributed by atoms with Crippen LogP contribution in [0.5, 0.6) is 0 Å². The average Bonchev–Trinajstić information content (AvgIpc) is 2.54. The Bertz CT molecular complexity index is 603. The minimum atomic E-state index is -3.40. The van der Waals surface area contributed by atoms with Gasteiger partial charge in [0.1, 0.15) is 6.10 Å². The molecule has 2 atom stereocenters. The highest BCUT2D eigenvalue weighted by molar-refractivity contribution is 7.89.